The predicted molar refractivity (Wildman–Crippen MR) is 116 cm³/mol. The molecule has 1 amide bonds. The Morgan fingerprint density at radius 1 is 1.20 bits per heavy atom. The minimum atomic E-state index is -3.03. The second kappa shape index (κ2) is 8.40. The van der Waals surface area contributed by atoms with E-state index in [0.717, 1.165) is 19.2 Å². The van der Waals surface area contributed by atoms with Crippen LogP contribution in [0.15, 0.2) is 41.2 Å². The van der Waals surface area contributed by atoms with Gasteiger partial charge in [0.05, 0.1) is 16.6 Å². The van der Waals surface area contributed by atoms with Gasteiger partial charge in [0.25, 0.3) is 11.8 Å². The van der Waals surface area contributed by atoms with E-state index in [0.29, 0.717) is 25.2 Å². The molecule has 3 aliphatic rings. The summed E-state index contributed by atoms with van der Waals surface area (Å²) in [6, 6.07) is 5.18. The van der Waals surface area contributed by atoms with Gasteiger partial charge in [0.1, 0.15) is 17.3 Å². The lowest BCUT2D eigenvalue weighted by atomic mass is 9.39. The Bertz CT molecular complexity index is 1260. The van der Waals surface area contributed by atoms with Gasteiger partial charge >= 0.3 is 0 Å². The third kappa shape index (κ3) is 4.64. The number of aromatic nitrogens is 3. The van der Waals surface area contributed by atoms with Gasteiger partial charge in [0, 0.05) is 30.3 Å². The monoisotopic (exact) mass is 508 g/mol. The van der Waals surface area contributed by atoms with Crippen LogP contribution < -0.4 is 14.8 Å². The van der Waals surface area contributed by atoms with Crippen LogP contribution in [0.2, 0.25) is 5.02 Å². The van der Waals surface area contributed by atoms with E-state index < -0.39 is 11.7 Å². The van der Waals surface area contributed by atoms with Crippen LogP contribution in [0.1, 0.15) is 43.5 Å². The fraction of sp³-hybridized carbons (Fsp3) is 0.391. The first-order valence-corrected chi connectivity index (χ1v) is 11.1. The van der Waals surface area contributed by atoms with Crippen LogP contribution in [0, 0.1) is 5.82 Å². The van der Waals surface area contributed by atoms with Crippen LogP contribution in [0.25, 0.3) is 0 Å². The Hall–Kier alpha value is -3.34. The van der Waals surface area contributed by atoms with Crippen LogP contribution in [-0.4, -0.2) is 33.2 Å². The standard InChI is InChI=1S/C23H20ClF3N4O4/c1-21(26,27)13-4-15(7-28-6-13)33-8-18-29-20(35-31-18)22-10-23(11-22,12-22)30-19(32)9-34-14-2-3-16(24)17(25)5-14/h2-7H,8-12H2,1H3,(H,30,32). The molecule has 3 saturated carbocycles. The van der Waals surface area contributed by atoms with E-state index >= 15 is 0 Å². The topological polar surface area (TPSA) is 99.4 Å². The molecule has 0 saturated heterocycles. The maximum atomic E-state index is 13.5. The molecule has 0 radical (unpaired) electrons. The Morgan fingerprint density at radius 2 is 1.97 bits per heavy atom. The van der Waals surface area contributed by atoms with Crippen LogP contribution in [0.4, 0.5) is 13.2 Å². The van der Waals surface area contributed by atoms with Crippen molar-refractivity contribution in [1.82, 2.24) is 20.4 Å². The Labute approximate surface area is 202 Å². The van der Waals surface area contributed by atoms with E-state index in [1.807, 2.05) is 0 Å². The maximum absolute atomic E-state index is 13.5. The molecule has 0 atom stereocenters. The van der Waals surface area contributed by atoms with Crippen molar-refractivity contribution in [2.75, 3.05) is 6.61 Å². The molecule has 3 aromatic rings. The first-order chi connectivity index (χ1) is 16.6. The number of nitrogens with one attached hydrogen (secondary N) is 1. The third-order valence-corrected chi connectivity index (χ3v) is 6.51. The van der Waals surface area contributed by atoms with Gasteiger partial charge in [-0.2, -0.15) is 4.98 Å². The van der Waals surface area contributed by atoms with Crippen molar-refractivity contribution in [3.8, 4) is 11.5 Å². The number of carbonyl (C=O) groups is 1. The zero-order chi connectivity index (χ0) is 24.8. The summed E-state index contributed by atoms with van der Waals surface area (Å²) in [7, 11) is 0. The number of rotatable bonds is 9. The highest BCUT2D eigenvalue weighted by atomic mass is 35.5. The molecular weight excluding hydrogens is 489 g/mol. The van der Waals surface area contributed by atoms with E-state index in [-0.39, 0.29) is 58.0 Å². The Kier molecular flexibility index (Phi) is 5.62. The van der Waals surface area contributed by atoms with Gasteiger partial charge in [0.15, 0.2) is 13.2 Å². The van der Waals surface area contributed by atoms with Crippen molar-refractivity contribution in [3.05, 3.63) is 64.8 Å². The molecule has 2 heterocycles. The zero-order valence-electron chi connectivity index (χ0n) is 18.5. The number of nitrogens with zero attached hydrogens (tertiary/aromatic N) is 3. The number of hydrogen-bond donors (Lipinski definition) is 1. The third-order valence-electron chi connectivity index (χ3n) is 6.21. The SMILES string of the molecule is CC(F)(F)c1cncc(OCc2noc(C34CC(NC(=O)COc5ccc(Cl)c(F)c5)(C3)C4)n2)c1. The molecule has 35 heavy (non-hydrogen) atoms. The normalized spacial score (nSPS) is 22.7. The molecule has 2 aromatic heterocycles. The highest BCUT2D eigenvalue weighted by Crippen LogP contribution is 2.67. The minimum absolute atomic E-state index is 0.0240. The number of ether oxygens (including phenoxy) is 2. The molecule has 1 aromatic carbocycles. The number of carbonyl (C=O) groups excluding carboxylic acids is 1. The molecular formula is C23H20ClF3N4O4. The van der Waals surface area contributed by atoms with E-state index in [2.05, 4.69) is 20.4 Å². The van der Waals surface area contributed by atoms with E-state index in [1.54, 1.807) is 0 Å². The van der Waals surface area contributed by atoms with Crippen molar-refractivity contribution >= 4 is 17.5 Å². The molecule has 12 heteroatoms. The van der Waals surface area contributed by atoms with Gasteiger partial charge in [0.2, 0.25) is 11.7 Å². The largest absolute Gasteiger partial charge is 0.484 e. The molecule has 3 fully saturated rings. The highest BCUT2D eigenvalue weighted by molar-refractivity contribution is 6.30. The summed E-state index contributed by atoms with van der Waals surface area (Å²) in [5, 5.41) is 6.84. The van der Waals surface area contributed by atoms with Gasteiger partial charge in [-0.3, -0.25) is 9.78 Å². The molecule has 8 nitrogen and oxygen atoms in total. The van der Waals surface area contributed by atoms with Gasteiger partial charge in [-0.25, -0.2) is 13.2 Å². The second-order valence-corrected chi connectivity index (χ2v) is 9.51. The average molecular weight is 509 g/mol. The molecule has 184 valence electrons. The van der Waals surface area contributed by atoms with Gasteiger partial charge in [-0.05, 0) is 37.5 Å². The average Bonchev–Trinajstić information content (AvgIpc) is 3.23. The van der Waals surface area contributed by atoms with E-state index in [9.17, 15) is 18.0 Å². The van der Waals surface area contributed by atoms with Crippen LogP contribution in [0.5, 0.6) is 11.5 Å². The van der Waals surface area contributed by atoms with Crippen molar-refractivity contribution in [1.29, 1.82) is 0 Å². The molecule has 1 N–H and O–H groups in total. The predicted octanol–water partition coefficient (Wildman–Crippen LogP) is 4.32. The zero-order valence-corrected chi connectivity index (χ0v) is 19.2. The smallest absolute Gasteiger partial charge is 0.272 e. The lowest BCUT2D eigenvalue weighted by molar-refractivity contribution is -0.143. The van der Waals surface area contributed by atoms with Crippen molar-refractivity contribution in [3.63, 3.8) is 0 Å². The molecule has 0 spiro atoms. The number of benzene rings is 1. The minimum Gasteiger partial charge on any atom is -0.484 e. The summed E-state index contributed by atoms with van der Waals surface area (Å²) in [5.74, 6) is -2.85. The molecule has 6 rings (SSSR count). The first kappa shape index (κ1) is 23.4. The fourth-order valence-corrected chi connectivity index (χ4v) is 4.73. The maximum Gasteiger partial charge on any atom is 0.272 e. The number of alkyl halides is 2. The lowest BCUT2D eigenvalue weighted by Crippen LogP contribution is -2.77. The molecule has 0 unspecified atom stereocenters. The summed E-state index contributed by atoms with van der Waals surface area (Å²) >= 11 is 5.63. The molecule has 0 aliphatic heterocycles. The first-order valence-electron chi connectivity index (χ1n) is 10.7. The van der Waals surface area contributed by atoms with Crippen LogP contribution >= 0.6 is 11.6 Å². The van der Waals surface area contributed by atoms with E-state index in [4.69, 9.17) is 25.6 Å². The Balaban J connectivity index is 1.10. The lowest BCUT2D eigenvalue weighted by Gasteiger charge is -2.68. The molecule has 3 aliphatic carbocycles. The van der Waals surface area contributed by atoms with Crippen molar-refractivity contribution < 1.29 is 32.0 Å². The fourth-order valence-electron chi connectivity index (χ4n) is 4.61. The van der Waals surface area contributed by atoms with Gasteiger partial charge < -0.3 is 19.3 Å². The van der Waals surface area contributed by atoms with Gasteiger partial charge in [-0.15, -0.1) is 0 Å². The summed E-state index contributed by atoms with van der Waals surface area (Å²) in [4.78, 5) is 20.4. The number of halogens is 4. The number of pyridine rings is 1. The van der Waals surface area contributed by atoms with Gasteiger partial charge in [-0.1, -0.05) is 16.8 Å². The second-order valence-electron chi connectivity index (χ2n) is 9.11. The van der Waals surface area contributed by atoms with Crippen molar-refractivity contribution in [2.24, 2.45) is 0 Å². The summed E-state index contributed by atoms with van der Waals surface area (Å²) in [6.07, 6.45) is 4.33. The number of hydrogen-bond acceptors (Lipinski definition) is 7. The van der Waals surface area contributed by atoms with E-state index in [1.165, 1.54) is 24.4 Å². The van der Waals surface area contributed by atoms with Crippen LogP contribution in [-0.2, 0) is 22.7 Å². The summed E-state index contributed by atoms with van der Waals surface area (Å²) in [6.45, 7) is 0.467. The number of amides is 1. The quantitative estimate of drug-likeness (QED) is 0.459. The van der Waals surface area contributed by atoms with Crippen molar-refractivity contribution in [2.45, 2.75) is 49.7 Å². The molecule has 2 bridgehead atoms. The summed E-state index contributed by atoms with van der Waals surface area (Å²) < 4.78 is 56.6. The Morgan fingerprint density at radius 3 is 2.69 bits per heavy atom. The highest BCUT2D eigenvalue weighted by Gasteiger charge is 2.72. The summed E-state index contributed by atoms with van der Waals surface area (Å²) in [5.41, 5.74) is -0.908. The van der Waals surface area contributed by atoms with Crippen LogP contribution in [0.3, 0.4) is 0 Å².